The molecule has 2 rings (SSSR count). The molecule has 0 spiro atoms. The first kappa shape index (κ1) is 13.3. The van der Waals surface area contributed by atoms with Gasteiger partial charge in [0.25, 0.3) is 0 Å². The van der Waals surface area contributed by atoms with E-state index in [9.17, 15) is 9.59 Å². The molecular formula is C15H18N2O2. The van der Waals surface area contributed by atoms with Crippen molar-refractivity contribution in [3.05, 3.63) is 35.5 Å². The molecule has 100 valence electrons. The lowest BCUT2D eigenvalue weighted by molar-refractivity contribution is -0.121. The van der Waals surface area contributed by atoms with Crippen molar-refractivity contribution in [3.8, 4) is 0 Å². The summed E-state index contributed by atoms with van der Waals surface area (Å²) in [4.78, 5) is 24.8. The van der Waals surface area contributed by atoms with Crippen molar-refractivity contribution in [1.82, 2.24) is 5.32 Å². The van der Waals surface area contributed by atoms with Gasteiger partial charge in [0.1, 0.15) is 0 Å². The molecule has 0 radical (unpaired) electrons. The maximum atomic E-state index is 11.5. The van der Waals surface area contributed by atoms with Crippen LogP contribution in [0.3, 0.4) is 0 Å². The largest absolute Gasteiger partial charge is 0.372 e. The molecule has 1 aromatic rings. The van der Waals surface area contributed by atoms with Gasteiger partial charge in [0.05, 0.1) is 12.1 Å². The fraction of sp³-hybridized carbons (Fsp3) is 0.333. The summed E-state index contributed by atoms with van der Waals surface area (Å²) in [6, 6.07) is 7.97. The molecule has 1 aliphatic heterocycles. The minimum absolute atomic E-state index is 0.0383. The molecule has 0 bridgehead atoms. The number of nitrogens with one attached hydrogen (secondary N) is 1. The first-order valence-electron chi connectivity index (χ1n) is 6.53. The number of benzene rings is 1. The number of carbonyl (C=O) groups is 2. The zero-order chi connectivity index (χ0) is 13.8. The molecule has 1 amide bonds. The van der Waals surface area contributed by atoms with E-state index in [1.807, 2.05) is 24.3 Å². The zero-order valence-electron chi connectivity index (χ0n) is 11.3. The maximum absolute atomic E-state index is 11.5. The van der Waals surface area contributed by atoms with Crippen LogP contribution in [0.25, 0.3) is 6.08 Å². The highest BCUT2D eigenvalue weighted by Crippen LogP contribution is 2.17. The molecule has 0 aromatic heterocycles. The van der Waals surface area contributed by atoms with Crippen molar-refractivity contribution in [2.24, 2.45) is 0 Å². The van der Waals surface area contributed by atoms with Crippen LogP contribution in [0, 0.1) is 0 Å². The van der Waals surface area contributed by atoms with Gasteiger partial charge >= 0.3 is 0 Å². The summed E-state index contributed by atoms with van der Waals surface area (Å²) < 4.78 is 0. The minimum atomic E-state index is -0.226. The average Bonchev–Trinajstić information content (AvgIpc) is 2.71. The third-order valence-corrected chi connectivity index (χ3v) is 3.23. The zero-order valence-corrected chi connectivity index (χ0v) is 11.3. The number of Topliss-reactive ketones (excluding diaryl/α,β-unsaturated/α-hetero) is 1. The Morgan fingerprint density at radius 1 is 1.16 bits per heavy atom. The number of rotatable bonds is 4. The quantitative estimate of drug-likeness (QED) is 0.663. The number of carbonyl (C=O) groups excluding carboxylic acids is 2. The van der Waals surface area contributed by atoms with E-state index < -0.39 is 0 Å². The fourth-order valence-corrected chi connectivity index (χ4v) is 2.16. The average molecular weight is 258 g/mol. The Morgan fingerprint density at radius 2 is 1.79 bits per heavy atom. The lowest BCUT2D eigenvalue weighted by Crippen LogP contribution is -2.21. The summed E-state index contributed by atoms with van der Waals surface area (Å²) in [7, 11) is 0. The van der Waals surface area contributed by atoms with Gasteiger partial charge in [-0.1, -0.05) is 12.1 Å². The summed E-state index contributed by atoms with van der Waals surface area (Å²) in [6.07, 6.45) is 1.68. The van der Waals surface area contributed by atoms with Gasteiger partial charge in [-0.05, 0) is 37.6 Å². The van der Waals surface area contributed by atoms with E-state index in [1.54, 1.807) is 6.08 Å². The molecule has 1 heterocycles. The number of allylic oxidation sites excluding steroid dienone is 1. The maximum Gasteiger partial charge on any atom is 0.232 e. The van der Waals surface area contributed by atoms with Crippen LogP contribution in [0.4, 0.5) is 5.69 Å². The van der Waals surface area contributed by atoms with Crippen molar-refractivity contribution in [3.63, 3.8) is 0 Å². The second-order valence-electron chi connectivity index (χ2n) is 4.47. The van der Waals surface area contributed by atoms with Gasteiger partial charge in [0, 0.05) is 18.8 Å². The number of amides is 1. The van der Waals surface area contributed by atoms with Crippen LogP contribution >= 0.6 is 0 Å². The van der Waals surface area contributed by atoms with Crippen molar-refractivity contribution in [1.29, 1.82) is 0 Å². The summed E-state index contributed by atoms with van der Waals surface area (Å²) >= 11 is 0. The Bertz CT molecular complexity index is 513. The number of nitrogens with zero attached hydrogens (tertiary/aromatic N) is 1. The summed E-state index contributed by atoms with van der Waals surface area (Å²) in [5, 5.41) is 2.57. The first-order chi connectivity index (χ1) is 9.13. The predicted molar refractivity (Wildman–Crippen MR) is 75.7 cm³/mol. The fourth-order valence-electron chi connectivity index (χ4n) is 2.16. The van der Waals surface area contributed by atoms with Gasteiger partial charge in [-0.2, -0.15) is 0 Å². The van der Waals surface area contributed by atoms with E-state index in [0.29, 0.717) is 5.70 Å². The third-order valence-electron chi connectivity index (χ3n) is 3.23. The van der Waals surface area contributed by atoms with E-state index in [1.165, 1.54) is 0 Å². The molecule has 1 fully saturated rings. The summed E-state index contributed by atoms with van der Waals surface area (Å²) in [5.41, 5.74) is 2.47. The summed E-state index contributed by atoms with van der Waals surface area (Å²) in [6.45, 7) is 6.16. The Labute approximate surface area is 113 Å². The Hall–Kier alpha value is -2.10. The normalized spacial score (nSPS) is 16.8. The van der Waals surface area contributed by atoms with E-state index in [0.717, 1.165) is 24.3 Å². The van der Waals surface area contributed by atoms with E-state index >= 15 is 0 Å². The minimum Gasteiger partial charge on any atom is -0.372 e. The van der Waals surface area contributed by atoms with Crippen LogP contribution in [0.15, 0.2) is 30.0 Å². The highest BCUT2D eigenvalue weighted by molar-refractivity contribution is 6.16. The summed E-state index contributed by atoms with van der Waals surface area (Å²) in [5.74, 6) is -0.367. The first-order valence-corrected chi connectivity index (χ1v) is 6.53. The predicted octanol–water partition coefficient (Wildman–Crippen LogP) is 1.96. The second kappa shape index (κ2) is 5.69. The SMILES string of the molecule is CCN(CC)c1ccc(/C=C2\NC(=O)CC2=O)cc1. The molecule has 4 heteroatoms. The molecule has 1 aliphatic rings. The highest BCUT2D eigenvalue weighted by Gasteiger charge is 2.23. The second-order valence-corrected chi connectivity index (χ2v) is 4.47. The Balaban J connectivity index is 2.17. The standard InChI is InChI=1S/C15H18N2O2/c1-3-17(4-2)12-7-5-11(6-8-12)9-13-14(18)10-15(19)16-13/h5-9H,3-4,10H2,1-2H3,(H,16,19)/b13-9-. The van der Waals surface area contributed by atoms with Crippen LogP contribution in [0.5, 0.6) is 0 Å². The molecule has 0 atom stereocenters. The molecule has 0 unspecified atom stereocenters. The van der Waals surface area contributed by atoms with Crippen LogP contribution in [0.2, 0.25) is 0 Å². The van der Waals surface area contributed by atoms with Gasteiger partial charge in [-0.3, -0.25) is 9.59 Å². The van der Waals surface area contributed by atoms with Gasteiger partial charge in [0.15, 0.2) is 5.78 Å². The number of hydrogen-bond donors (Lipinski definition) is 1. The molecular weight excluding hydrogens is 240 g/mol. The van der Waals surface area contributed by atoms with Crippen LogP contribution < -0.4 is 10.2 Å². The Kier molecular flexibility index (Phi) is 4.00. The number of ketones is 1. The van der Waals surface area contributed by atoms with Gasteiger partial charge in [-0.15, -0.1) is 0 Å². The van der Waals surface area contributed by atoms with Crippen molar-refractivity contribution in [2.45, 2.75) is 20.3 Å². The highest BCUT2D eigenvalue weighted by atomic mass is 16.2. The van der Waals surface area contributed by atoms with Gasteiger partial charge in [-0.25, -0.2) is 0 Å². The number of hydrogen-bond acceptors (Lipinski definition) is 3. The van der Waals surface area contributed by atoms with E-state index in [2.05, 4.69) is 24.1 Å². The van der Waals surface area contributed by atoms with E-state index in [-0.39, 0.29) is 18.1 Å². The lowest BCUT2D eigenvalue weighted by Gasteiger charge is -2.20. The van der Waals surface area contributed by atoms with Crippen LogP contribution in [-0.4, -0.2) is 24.8 Å². The molecule has 4 nitrogen and oxygen atoms in total. The van der Waals surface area contributed by atoms with Gasteiger partial charge < -0.3 is 10.2 Å². The topological polar surface area (TPSA) is 49.4 Å². The van der Waals surface area contributed by atoms with Crippen molar-refractivity contribution >= 4 is 23.5 Å². The molecule has 1 aromatic carbocycles. The Morgan fingerprint density at radius 3 is 2.26 bits per heavy atom. The van der Waals surface area contributed by atoms with Crippen LogP contribution in [-0.2, 0) is 9.59 Å². The molecule has 1 saturated heterocycles. The number of anilines is 1. The third kappa shape index (κ3) is 3.02. The molecule has 0 saturated carbocycles. The van der Waals surface area contributed by atoms with E-state index in [4.69, 9.17) is 0 Å². The van der Waals surface area contributed by atoms with Gasteiger partial charge in [0.2, 0.25) is 5.91 Å². The van der Waals surface area contributed by atoms with Crippen molar-refractivity contribution in [2.75, 3.05) is 18.0 Å². The molecule has 1 N–H and O–H groups in total. The van der Waals surface area contributed by atoms with Crippen molar-refractivity contribution < 1.29 is 9.59 Å². The smallest absolute Gasteiger partial charge is 0.232 e. The lowest BCUT2D eigenvalue weighted by atomic mass is 10.1. The molecule has 0 aliphatic carbocycles. The monoisotopic (exact) mass is 258 g/mol. The van der Waals surface area contributed by atoms with Crippen LogP contribution in [0.1, 0.15) is 25.8 Å². The molecule has 19 heavy (non-hydrogen) atoms.